The summed E-state index contributed by atoms with van der Waals surface area (Å²) < 4.78 is 35.8. The molecule has 1 fully saturated rings. The van der Waals surface area contributed by atoms with Crippen LogP contribution in [0.3, 0.4) is 0 Å². The van der Waals surface area contributed by atoms with Crippen molar-refractivity contribution in [2.45, 2.75) is 18.6 Å². The Balaban J connectivity index is 2.48. The summed E-state index contributed by atoms with van der Waals surface area (Å²) >= 11 is 0. The van der Waals surface area contributed by atoms with E-state index < -0.39 is 36.4 Å². The van der Waals surface area contributed by atoms with Crippen molar-refractivity contribution in [1.82, 2.24) is 0 Å². The lowest BCUT2D eigenvalue weighted by Gasteiger charge is -2.02. The standard InChI is InChI=1S/C6H8F3NO2/c7-6(8,9)4-2(5(4)10)1-3(11)12/h2,4-5H,1,10H2,(H,11,12)/t2-,4+,5-/m1/s1. The third kappa shape index (κ3) is 1.69. The lowest BCUT2D eigenvalue weighted by atomic mass is 10.2. The molecule has 0 radical (unpaired) electrons. The Labute approximate surface area is 66.4 Å². The minimum absolute atomic E-state index is 0.495. The van der Waals surface area contributed by atoms with E-state index in [4.69, 9.17) is 10.8 Å². The second-order valence-corrected chi connectivity index (χ2v) is 2.91. The highest BCUT2D eigenvalue weighted by molar-refractivity contribution is 5.67. The topological polar surface area (TPSA) is 63.3 Å². The van der Waals surface area contributed by atoms with E-state index >= 15 is 0 Å². The number of hydrogen-bond donors (Lipinski definition) is 2. The Hall–Kier alpha value is -0.780. The molecule has 0 aromatic heterocycles. The highest BCUT2D eigenvalue weighted by Gasteiger charge is 2.62. The van der Waals surface area contributed by atoms with E-state index in [1.54, 1.807) is 0 Å². The number of aliphatic carboxylic acids is 1. The summed E-state index contributed by atoms with van der Waals surface area (Å²) in [6.45, 7) is 0. The van der Waals surface area contributed by atoms with E-state index in [0.717, 1.165) is 0 Å². The van der Waals surface area contributed by atoms with Crippen molar-refractivity contribution in [3.05, 3.63) is 0 Å². The van der Waals surface area contributed by atoms with Crippen LogP contribution in [-0.2, 0) is 4.79 Å². The van der Waals surface area contributed by atoms with Gasteiger partial charge in [0.2, 0.25) is 0 Å². The van der Waals surface area contributed by atoms with Gasteiger partial charge in [0, 0.05) is 6.04 Å². The van der Waals surface area contributed by atoms with Gasteiger partial charge in [-0.3, -0.25) is 4.79 Å². The molecule has 0 spiro atoms. The van der Waals surface area contributed by atoms with Crippen LogP contribution < -0.4 is 5.73 Å². The van der Waals surface area contributed by atoms with Crippen LogP contribution in [0.5, 0.6) is 0 Å². The summed E-state index contributed by atoms with van der Waals surface area (Å²) in [7, 11) is 0. The third-order valence-corrected chi connectivity index (χ3v) is 2.02. The molecule has 1 aliphatic rings. The van der Waals surface area contributed by atoms with Crippen LogP contribution in [0.2, 0.25) is 0 Å². The maximum absolute atomic E-state index is 11.9. The minimum atomic E-state index is -4.35. The van der Waals surface area contributed by atoms with Crippen LogP contribution >= 0.6 is 0 Å². The van der Waals surface area contributed by atoms with Gasteiger partial charge in [-0.05, 0) is 5.92 Å². The molecule has 0 unspecified atom stereocenters. The smallest absolute Gasteiger partial charge is 0.393 e. The molecule has 70 valence electrons. The van der Waals surface area contributed by atoms with Crippen molar-refractivity contribution in [2.75, 3.05) is 0 Å². The molecular weight excluding hydrogens is 175 g/mol. The van der Waals surface area contributed by atoms with E-state index in [1.807, 2.05) is 0 Å². The van der Waals surface area contributed by atoms with Gasteiger partial charge in [0.1, 0.15) is 0 Å². The monoisotopic (exact) mass is 183 g/mol. The summed E-state index contributed by atoms with van der Waals surface area (Å²) in [6, 6.07) is -1.03. The second kappa shape index (κ2) is 2.62. The second-order valence-electron chi connectivity index (χ2n) is 2.91. The van der Waals surface area contributed by atoms with Crippen molar-refractivity contribution in [3.63, 3.8) is 0 Å². The molecule has 1 rings (SSSR count). The number of halogens is 3. The van der Waals surface area contributed by atoms with Gasteiger partial charge in [-0.1, -0.05) is 0 Å². The Morgan fingerprint density at radius 1 is 1.50 bits per heavy atom. The van der Waals surface area contributed by atoms with Crippen LogP contribution in [0.25, 0.3) is 0 Å². The van der Waals surface area contributed by atoms with Crippen molar-refractivity contribution >= 4 is 5.97 Å². The minimum Gasteiger partial charge on any atom is -0.481 e. The van der Waals surface area contributed by atoms with Gasteiger partial charge < -0.3 is 10.8 Å². The normalized spacial score (nSPS) is 34.8. The molecule has 6 heteroatoms. The predicted octanol–water partition coefficient (Wildman–Crippen LogP) is 0.597. The number of nitrogens with two attached hydrogens (primary N) is 1. The van der Waals surface area contributed by atoms with Crippen LogP contribution in [0.4, 0.5) is 13.2 Å². The van der Waals surface area contributed by atoms with E-state index in [1.165, 1.54) is 0 Å². The lowest BCUT2D eigenvalue weighted by Crippen LogP contribution is -2.17. The van der Waals surface area contributed by atoms with Crippen molar-refractivity contribution in [3.8, 4) is 0 Å². The fourth-order valence-corrected chi connectivity index (χ4v) is 1.33. The molecule has 0 aromatic carbocycles. The van der Waals surface area contributed by atoms with Gasteiger partial charge in [-0.25, -0.2) is 0 Å². The third-order valence-electron chi connectivity index (χ3n) is 2.02. The van der Waals surface area contributed by atoms with Crippen molar-refractivity contribution in [1.29, 1.82) is 0 Å². The number of hydrogen-bond acceptors (Lipinski definition) is 2. The SMILES string of the molecule is N[C@@H]1[C@H](CC(=O)O)[C@@H]1C(F)(F)F. The molecule has 0 heterocycles. The number of rotatable bonds is 2. The Kier molecular flexibility index (Phi) is 2.03. The van der Waals surface area contributed by atoms with E-state index in [9.17, 15) is 18.0 Å². The van der Waals surface area contributed by atoms with Crippen LogP contribution in [0.1, 0.15) is 6.42 Å². The first kappa shape index (κ1) is 9.31. The predicted molar refractivity (Wildman–Crippen MR) is 33.3 cm³/mol. The fourth-order valence-electron chi connectivity index (χ4n) is 1.33. The number of alkyl halides is 3. The summed E-state index contributed by atoms with van der Waals surface area (Å²) in [5, 5.41) is 8.20. The Morgan fingerprint density at radius 3 is 2.25 bits per heavy atom. The maximum Gasteiger partial charge on any atom is 0.393 e. The lowest BCUT2D eigenvalue weighted by molar-refractivity contribution is -0.153. The first-order valence-electron chi connectivity index (χ1n) is 3.38. The summed E-state index contributed by atoms with van der Waals surface area (Å²) in [5.74, 6) is -3.78. The molecule has 0 bridgehead atoms. The van der Waals surface area contributed by atoms with Crippen LogP contribution in [0.15, 0.2) is 0 Å². The van der Waals surface area contributed by atoms with Crippen LogP contribution in [0, 0.1) is 11.8 Å². The van der Waals surface area contributed by atoms with Crippen LogP contribution in [-0.4, -0.2) is 23.3 Å². The quantitative estimate of drug-likeness (QED) is 0.658. The molecule has 0 aromatic rings. The molecule has 1 saturated carbocycles. The fraction of sp³-hybridized carbons (Fsp3) is 0.833. The van der Waals surface area contributed by atoms with Crippen molar-refractivity contribution in [2.24, 2.45) is 17.6 Å². The molecule has 3 atom stereocenters. The first-order valence-corrected chi connectivity index (χ1v) is 3.38. The summed E-state index contributed by atoms with van der Waals surface area (Å²) in [5.41, 5.74) is 5.06. The highest BCUT2D eigenvalue weighted by atomic mass is 19.4. The Morgan fingerprint density at radius 2 is 2.00 bits per heavy atom. The van der Waals surface area contributed by atoms with Gasteiger partial charge in [0.25, 0.3) is 0 Å². The van der Waals surface area contributed by atoms with Gasteiger partial charge in [0.15, 0.2) is 0 Å². The zero-order chi connectivity index (χ0) is 9.52. The van der Waals surface area contributed by atoms with Crippen molar-refractivity contribution < 1.29 is 23.1 Å². The Bertz CT molecular complexity index is 203. The zero-order valence-electron chi connectivity index (χ0n) is 6.01. The van der Waals surface area contributed by atoms with Gasteiger partial charge >= 0.3 is 12.1 Å². The average molecular weight is 183 g/mol. The highest BCUT2D eigenvalue weighted by Crippen LogP contribution is 2.50. The summed E-state index contributed by atoms with van der Waals surface area (Å²) in [6.07, 6.45) is -4.84. The molecule has 3 nitrogen and oxygen atoms in total. The summed E-state index contributed by atoms with van der Waals surface area (Å²) in [4.78, 5) is 10.0. The van der Waals surface area contributed by atoms with E-state index in [0.29, 0.717) is 0 Å². The van der Waals surface area contributed by atoms with Gasteiger partial charge in [-0.15, -0.1) is 0 Å². The molecular formula is C6H8F3NO2. The van der Waals surface area contributed by atoms with Gasteiger partial charge in [-0.2, -0.15) is 13.2 Å². The molecule has 0 aliphatic heterocycles. The van der Waals surface area contributed by atoms with E-state index in [-0.39, 0.29) is 0 Å². The zero-order valence-corrected chi connectivity index (χ0v) is 6.01. The number of carbonyl (C=O) groups is 1. The molecule has 3 N–H and O–H groups in total. The number of carboxylic acids is 1. The van der Waals surface area contributed by atoms with Gasteiger partial charge in [0.05, 0.1) is 12.3 Å². The molecule has 12 heavy (non-hydrogen) atoms. The molecule has 0 amide bonds. The van der Waals surface area contributed by atoms with E-state index in [2.05, 4.69) is 0 Å². The number of carboxylic acid groups (broad SMARTS) is 1. The molecule has 0 saturated heterocycles. The maximum atomic E-state index is 11.9. The average Bonchev–Trinajstić information content (AvgIpc) is 2.37. The molecule has 1 aliphatic carbocycles. The largest absolute Gasteiger partial charge is 0.481 e. The first-order chi connectivity index (χ1) is 5.34.